The highest BCUT2D eigenvalue weighted by Crippen LogP contribution is 2.24. The summed E-state index contributed by atoms with van der Waals surface area (Å²) in [5.74, 6) is 0.0190. The van der Waals surface area contributed by atoms with Gasteiger partial charge >= 0.3 is 0 Å². The summed E-state index contributed by atoms with van der Waals surface area (Å²) >= 11 is 5.92. The zero-order chi connectivity index (χ0) is 19.9. The minimum absolute atomic E-state index is 0.0190. The standard InChI is InChI=1S/C22H28ClN3O2/c1-25(2)20-9-5-18(6-10-20)21(26-11-13-28-14-12-26)16-24-22(27)15-17-3-7-19(23)8-4-17/h3-10,21H,11-16H2,1-2H3,(H,24,27)/t21-/m1/s1. The number of morpholine rings is 1. The lowest BCUT2D eigenvalue weighted by Crippen LogP contribution is -2.44. The second-order valence-electron chi connectivity index (χ2n) is 7.26. The molecule has 6 heteroatoms. The van der Waals surface area contributed by atoms with Crippen LogP contribution in [-0.2, 0) is 16.0 Å². The molecule has 1 atom stereocenters. The van der Waals surface area contributed by atoms with E-state index in [0.29, 0.717) is 18.0 Å². The molecule has 3 rings (SSSR count). The van der Waals surface area contributed by atoms with Crippen LogP contribution in [0.3, 0.4) is 0 Å². The number of rotatable bonds is 7. The van der Waals surface area contributed by atoms with E-state index < -0.39 is 0 Å². The molecule has 5 nitrogen and oxygen atoms in total. The number of carbonyl (C=O) groups is 1. The highest BCUT2D eigenvalue weighted by Gasteiger charge is 2.23. The zero-order valence-electron chi connectivity index (χ0n) is 16.5. The molecule has 28 heavy (non-hydrogen) atoms. The van der Waals surface area contributed by atoms with Gasteiger partial charge in [0, 0.05) is 44.4 Å². The molecule has 1 N–H and O–H groups in total. The lowest BCUT2D eigenvalue weighted by molar-refractivity contribution is -0.120. The Morgan fingerprint density at radius 2 is 1.75 bits per heavy atom. The lowest BCUT2D eigenvalue weighted by Gasteiger charge is -2.35. The van der Waals surface area contributed by atoms with E-state index in [1.54, 1.807) is 0 Å². The molecule has 0 radical (unpaired) electrons. The van der Waals surface area contributed by atoms with Crippen LogP contribution < -0.4 is 10.2 Å². The Hall–Kier alpha value is -2.08. The summed E-state index contributed by atoms with van der Waals surface area (Å²) in [6, 6.07) is 16.1. The van der Waals surface area contributed by atoms with Crippen LogP contribution in [0.15, 0.2) is 48.5 Å². The normalized spacial score (nSPS) is 15.8. The maximum Gasteiger partial charge on any atom is 0.224 e. The maximum atomic E-state index is 12.5. The number of amides is 1. The number of ether oxygens (including phenoxy) is 1. The van der Waals surface area contributed by atoms with E-state index in [-0.39, 0.29) is 11.9 Å². The molecular formula is C22H28ClN3O2. The second-order valence-corrected chi connectivity index (χ2v) is 7.69. The smallest absolute Gasteiger partial charge is 0.224 e. The van der Waals surface area contributed by atoms with E-state index in [1.807, 2.05) is 38.4 Å². The van der Waals surface area contributed by atoms with Gasteiger partial charge in [0.2, 0.25) is 5.91 Å². The minimum atomic E-state index is 0.0190. The average molecular weight is 402 g/mol. The van der Waals surface area contributed by atoms with Crippen molar-refractivity contribution in [3.8, 4) is 0 Å². The van der Waals surface area contributed by atoms with Gasteiger partial charge in [0.25, 0.3) is 0 Å². The first-order valence-corrected chi connectivity index (χ1v) is 10.0. The number of nitrogens with zero attached hydrogens (tertiary/aromatic N) is 2. The summed E-state index contributed by atoms with van der Waals surface area (Å²) in [5.41, 5.74) is 3.33. The summed E-state index contributed by atoms with van der Waals surface area (Å²) < 4.78 is 5.50. The van der Waals surface area contributed by atoms with Crippen molar-refractivity contribution in [1.82, 2.24) is 10.2 Å². The fraction of sp³-hybridized carbons (Fsp3) is 0.409. The Balaban J connectivity index is 1.66. The third kappa shape index (κ3) is 5.71. The predicted octanol–water partition coefficient (Wildman–Crippen LogP) is 3.14. The van der Waals surface area contributed by atoms with Crippen molar-refractivity contribution in [1.29, 1.82) is 0 Å². The molecule has 1 saturated heterocycles. The van der Waals surface area contributed by atoms with Crippen molar-refractivity contribution in [3.63, 3.8) is 0 Å². The first kappa shape index (κ1) is 20.6. The first-order chi connectivity index (χ1) is 13.5. The monoisotopic (exact) mass is 401 g/mol. The Kier molecular flexibility index (Phi) is 7.31. The van der Waals surface area contributed by atoms with E-state index >= 15 is 0 Å². The Bertz CT molecular complexity index is 756. The van der Waals surface area contributed by atoms with E-state index in [9.17, 15) is 4.79 Å². The van der Waals surface area contributed by atoms with Gasteiger partial charge in [0.05, 0.1) is 25.7 Å². The maximum absolute atomic E-state index is 12.5. The van der Waals surface area contributed by atoms with Crippen LogP contribution >= 0.6 is 11.6 Å². The molecule has 2 aromatic rings. The Morgan fingerprint density at radius 3 is 2.36 bits per heavy atom. The topological polar surface area (TPSA) is 44.8 Å². The van der Waals surface area contributed by atoms with Crippen LogP contribution in [0, 0.1) is 0 Å². The molecule has 1 aliphatic heterocycles. The van der Waals surface area contributed by atoms with Crippen molar-refractivity contribution in [3.05, 3.63) is 64.7 Å². The van der Waals surface area contributed by atoms with Crippen LogP contribution in [0.4, 0.5) is 5.69 Å². The van der Waals surface area contributed by atoms with Gasteiger partial charge in [-0.15, -0.1) is 0 Å². The number of nitrogens with one attached hydrogen (secondary N) is 1. The minimum Gasteiger partial charge on any atom is -0.379 e. The summed E-state index contributed by atoms with van der Waals surface area (Å²) in [6.07, 6.45) is 0.354. The van der Waals surface area contributed by atoms with Crippen LogP contribution in [0.1, 0.15) is 17.2 Å². The summed E-state index contributed by atoms with van der Waals surface area (Å²) in [4.78, 5) is 16.9. The molecule has 0 bridgehead atoms. The number of hydrogen-bond acceptors (Lipinski definition) is 4. The summed E-state index contributed by atoms with van der Waals surface area (Å²) in [5, 5.41) is 3.79. The van der Waals surface area contributed by atoms with E-state index in [4.69, 9.17) is 16.3 Å². The number of hydrogen-bond donors (Lipinski definition) is 1. The molecule has 1 heterocycles. The third-order valence-electron chi connectivity index (χ3n) is 5.05. The molecule has 1 amide bonds. The fourth-order valence-electron chi connectivity index (χ4n) is 3.40. The van der Waals surface area contributed by atoms with Gasteiger partial charge in [-0.05, 0) is 35.4 Å². The van der Waals surface area contributed by atoms with Gasteiger partial charge in [-0.3, -0.25) is 9.69 Å². The fourth-order valence-corrected chi connectivity index (χ4v) is 3.53. The Morgan fingerprint density at radius 1 is 1.11 bits per heavy atom. The predicted molar refractivity (Wildman–Crippen MR) is 114 cm³/mol. The van der Waals surface area contributed by atoms with Gasteiger partial charge in [0.15, 0.2) is 0 Å². The van der Waals surface area contributed by atoms with E-state index in [1.165, 1.54) is 5.56 Å². The van der Waals surface area contributed by atoms with Crippen LogP contribution in [0.5, 0.6) is 0 Å². The van der Waals surface area contributed by atoms with Crippen molar-refractivity contribution in [2.45, 2.75) is 12.5 Å². The molecule has 150 valence electrons. The van der Waals surface area contributed by atoms with Crippen molar-refractivity contribution >= 4 is 23.2 Å². The first-order valence-electron chi connectivity index (χ1n) is 9.63. The van der Waals surface area contributed by atoms with Gasteiger partial charge in [-0.1, -0.05) is 35.9 Å². The summed E-state index contributed by atoms with van der Waals surface area (Å²) in [7, 11) is 4.07. The number of carbonyl (C=O) groups excluding carboxylic acids is 1. The largest absolute Gasteiger partial charge is 0.379 e. The number of halogens is 1. The summed E-state index contributed by atoms with van der Waals surface area (Å²) in [6.45, 7) is 3.77. The number of anilines is 1. The molecule has 0 aromatic heterocycles. The number of benzene rings is 2. The Labute approximate surface area is 172 Å². The SMILES string of the molecule is CN(C)c1ccc([C@@H](CNC(=O)Cc2ccc(Cl)cc2)N2CCOCC2)cc1. The van der Waals surface area contributed by atoms with Gasteiger partial charge in [-0.25, -0.2) is 0 Å². The molecule has 1 aliphatic rings. The zero-order valence-corrected chi connectivity index (χ0v) is 17.3. The second kappa shape index (κ2) is 9.92. The van der Waals surface area contributed by atoms with E-state index in [2.05, 4.69) is 39.4 Å². The van der Waals surface area contributed by atoms with Crippen LogP contribution in [-0.4, -0.2) is 57.8 Å². The van der Waals surface area contributed by atoms with Gasteiger partial charge in [-0.2, -0.15) is 0 Å². The highest BCUT2D eigenvalue weighted by molar-refractivity contribution is 6.30. The quantitative estimate of drug-likeness (QED) is 0.774. The molecule has 0 aliphatic carbocycles. The molecule has 0 unspecified atom stereocenters. The molecular weight excluding hydrogens is 374 g/mol. The van der Waals surface area contributed by atoms with E-state index in [0.717, 1.165) is 37.6 Å². The van der Waals surface area contributed by atoms with Crippen molar-refractivity contribution in [2.75, 3.05) is 51.8 Å². The lowest BCUT2D eigenvalue weighted by atomic mass is 10.0. The van der Waals surface area contributed by atoms with Crippen LogP contribution in [0.25, 0.3) is 0 Å². The molecule has 0 saturated carbocycles. The van der Waals surface area contributed by atoms with Gasteiger partial charge < -0.3 is 15.0 Å². The molecule has 1 fully saturated rings. The molecule has 0 spiro atoms. The molecule has 2 aromatic carbocycles. The highest BCUT2D eigenvalue weighted by atomic mass is 35.5. The van der Waals surface area contributed by atoms with Crippen molar-refractivity contribution in [2.24, 2.45) is 0 Å². The van der Waals surface area contributed by atoms with Crippen LogP contribution in [0.2, 0.25) is 5.02 Å². The average Bonchev–Trinajstić information content (AvgIpc) is 2.71. The third-order valence-corrected chi connectivity index (χ3v) is 5.30. The van der Waals surface area contributed by atoms with Gasteiger partial charge in [0.1, 0.15) is 0 Å². The van der Waals surface area contributed by atoms with Crippen molar-refractivity contribution < 1.29 is 9.53 Å².